The molecule has 0 aromatic heterocycles. The Labute approximate surface area is 105 Å². The molecule has 0 radical (unpaired) electrons. The SMILES string of the molecule is CC1CCN(C(=O)c2cc(F)cc(F)c2)C1CN. The first-order valence-electron chi connectivity index (χ1n) is 6.00. The van der Waals surface area contributed by atoms with Crippen molar-refractivity contribution in [1.82, 2.24) is 4.90 Å². The van der Waals surface area contributed by atoms with E-state index in [1.807, 2.05) is 6.92 Å². The van der Waals surface area contributed by atoms with Crippen LogP contribution in [-0.2, 0) is 0 Å². The smallest absolute Gasteiger partial charge is 0.254 e. The number of hydrogen-bond donors (Lipinski definition) is 1. The Balaban J connectivity index is 2.25. The van der Waals surface area contributed by atoms with Crippen LogP contribution in [0.25, 0.3) is 0 Å². The van der Waals surface area contributed by atoms with Crippen molar-refractivity contribution >= 4 is 5.91 Å². The Hall–Kier alpha value is -1.49. The van der Waals surface area contributed by atoms with Crippen LogP contribution in [0.1, 0.15) is 23.7 Å². The van der Waals surface area contributed by atoms with E-state index in [1.54, 1.807) is 4.90 Å². The molecule has 98 valence electrons. The van der Waals surface area contributed by atoms with Gasteiger partial charge in [0.2, 0.25) is 0 Å². The Kier molecular flexibility index (Phi) is 3.61. The predicted molar refractivity (Wildman–Crippen MR) is 64.0 cm³/mol. The van der Waals surface area contributed by atoms with Gasteiger partial charge in [-0.15, -0.1) is 0 Å². The molecule has 1 fully saturated rings. The van der Waals surface area contributed by atoms with Gasteiger partial charge in [-0.3, -0.25) is 4.79 Å². The number of carbonyl (C=O) groups excluding carboxylic acids is 1. The number of nitrogens with two attached hydrogens (primary N) is 1. The van der Waals surface area contributed by atoms with Gasteiger partial charge in [0.05, 0.1) is 0 Å². The summed E-state index contributed by atoms with van der Waals surface area (Å²) in [6.07, 6.45) is 0.866. The molecule has 1 aromatic rings. The summed E-state index contributed by atoms with van der Waals surface area (Å²) in [5, 5.41) is 0. The molecule has 0 saturated carbocycles. The van der Waals surface area contributed by atoms with Crippen molar-refractivity contribution in [1.29, 1.82) is 0 Å². The molecule has 1 saturated heterocycles. The van der Waals surface area contributed by atoms with E-state index in [4.69, 9.17) is 5.73 Å². The number of rotatable bonds is 2. The molecular formula is C13H16F2N2O. The topological polar surface area (TPSA) is 46.3 Å². The molecule has 3 nitrogen and oxygen atoms in total. The maximum absolute atomic E-state index is 13.1. The molecule has 2 N–H and O–H groups in total. The summed E-state index contributed by atoms with van der Waals surface area (Å²) in [4.78, 5) is 13.8. The predicted octanol–water partition coefficient (Wildman–Crippen LogP) is 1.77. The van der Waals surface area contributed by atoms with E-state index in [-0.39, 0.29) is 17.5 Å². The van der Waals surface area contributed by atoms with Crippen molar-refractivity contribution in [2.24, 2.45) is 11.7 Å². The minimum Gasteiger partial charge on any atom is -0.334 e. The van der Waals surface area contributed by atoms with Crippen LogP contribution in [0.15, 0.2) is 18.2 Å². The van der Waals surface area contributed by atoms with Crippen LogP contribution < -0.4 is 5.73 Å². The number of carbonyl (C=O) groups is 1. The Morgan fingerprint density at radius 2 is 2.00 bits per heavy atom. The van der Waals surface area contributed by atoms with Crippen molar-refractivity contribution in [3.63, 3.8) is 0 Å². The number of hydrogen-bond acceptors (Lipinski definition) is 2. The average Bonchev–Trinajstić information content (AvgIpc) is 2.68. The summed E-state index contributed by atoms with van der Waals surface area (Å²) in [6.45, 7) is 2.97. The molecular weight excluding hydrogens is 238 g/mol. The molecule has 1 aliphatic rings. The van der Waals surface area contributed by atoms with Gasteiger partial charge in [0.15, 0.2) is 0 Å². The lowest BCUT2D eigenvalue weighted by Gasteiger charge is -2.25. The molecule has 1 heterocycles. The first-order chi connectivity index (χ1) is 8.52. The largest absolute Gasteiger partial charge is 0.334 e. The summed E-state index contributed by atoms with van der Waals surface area (Å²) < 4.78 is 26.2. The molecule has 2 atom stereocenters. The second kappa shape index (κ2) is 5.02. The molecule has 1 aliphatic heterocycles. The quantitative estimate of drug-likeness (QED) is 0.874. The number of halogens is 2. The van der Waals surface area contributed by atoms with Gasteiger partial charge in [0, 0.05) is 30.8 Å². The molecule has 2 unspecified atom stereocenters. The number of likely N-dealkylation sites (tertiary alicyclic amines) is 1. The van der Waals surface area contributed by atoms with E-state index in [1.165, 1.54) is 0 Å². The lowest BCUT2D eigenvalue weighted by atomic mass is 10.0. The van der Waals surface area contributed by atoms with Gasteiger partial charge in [-0.25, -0.2) is 8.78 Å². The van der Waals surface area contributed by atoms with Gasteiger partial charge in [-0.1, -0.05) is 6.92 Å². The fraction of sp³-hybridized carbons (Fsp3) is 0.462. The van der Waals surface area contributed by atoms with Crippen LogP contribution in [0.2, 0.25) is 0 Å². The highest BCUT2D eigenvalue weighted by atomic mass is 19.1. The van der Waals surface area contributed by atoms with Crippen LogP contribution in [0.4, 0.5) is 8.78 Å². The lowest BCUT2D eigenvalue weighted by Crippen LogP contribution is -2.42. The molecule has 0 bridgehead atoms. The monoisotopic (exact) mass is 254 g/mol. The highest BCUT2D eigenvalue weighted by molar-refractivity contribution is 5.94. The minimum absolute atomic E-state index is 0.0417. The second-order valence-electron chi connectivity index (χ2n) is 4.73. The first kappa shape index (κ1) is 13.0. The number of nitrogens with zero attached hydrogens (tertiary/aromatic N) is 1. The van der Waals surface area contributed by atoms with Crippen LogP contribution in [-0.4, -0.2) is 29.9 Å². The molecule has 2 rings (SSSR count). The number of amides is 1. The summed E-state index contributed by atoms with van der Waals surface area (Å²) in [5.41, 5.74) is 5.69. The third kappa shape index (κ3) is 2.36. The first-order valence-corrected chi connectivity index (χ1v) is 6.00. The lowest BCUT2D eigenvalue weighted by molar-refractivity contribution is 0.0726. The Morgan fingerprint density at radius 3 is 2.56 bits per heavy atom. The van der Waals surface area contributed by atoms with Crippen LogP contribution in [0.5, 0.6) is 0 Å². The van der Waals surface area contributed by atoms with Gasteiger partial charge in [0.25, 0.3) is 5.91 Å². The normalized spacial score (nSPS) is 23.4. The third-order valence-corrected chi connectivity index (χ3v) is 3.49. The minimum atomic E-state index is -0.741. The van der Waals surface area contributed by atoms with Gasteiger partial charge in [-0.2, -0.15) is 0 Å². The standard InChI is InChI=1S/C13H16F2N2O/c1-8-2-3-17(12(8)7-16)13(18)9-4-10(14)6-11(15)5-9/h4-6,8,12H,2-3,7,16H2,1H3. The summed E-state index contributed by atoms with van der Waals surface area (Å²) >= 11 is 0. The van der Waals surface area contributed by atoms with Gasteiger partial charge < -0.3 is 10.6 Å². The van der Waals surface area contributed by atoms with Crippen molar-refractivity contribution in [2.75, 3.05) is 13.1 Å². The van der Waals surface area contributed by atoms with Gasteiger partial charge >= 0.3 is 0 Å². The van der Waals surface area contributed by atoms with E-state index in [9.17, 15) is 13.6 Å². The van der Waals surface area contributed by atoms with Crippen LogP contribution >= 0.6 is 0 Å². The zero-order valence-corrected chi connectivity index (χ0v) is 10.2. The van der Waals surface area contributed by atoms with Crippen molar-refractivity contribution in [3.8, 4) is 0 Å². The van der Waals surface area contributed by atoms with Gasteiger partial charge in [-0.05, 0) is 24.5 Å². The molecule has 0 aliphatic carbocycles. The van der Waals surface area contributed by atoms with Crippen molar-refractivity contribution in [2.45, 2.75) is 19.4 Å². The third-order valence-electron chi connectivity index (χ3n) is 3.49. The zero-order valence-electron chi connectivity index (χ0n) is 10.2. The van der Waals surface area contributed by atoms with E-state index in [2.05, 4.69) is 0 Å². The maximum atomic E-state index is 13.1. The van der Waals surface area contributed by atoms with Crippen molar-refractivity contribution < 1.29 is 13.6 Å². The Morgan fingerprint density at radius 1 is 1.39 bits per heavy atom. The van der Waals surface area contributed by atoms with Crippen molar-refractivity contribution in [3.05, 3.63) is 35.4 Å². The molecule has 5 heteroatoms. The molecule has 1 amide bonds. The summed E-state index contributed by atoms with van der Waals surface area (Å²) in [7, 11) is 0. The van der Waals surface area contributed by atoms with E-state index < -0.39 is 11.6 Å². The molecule has 18 heavy (non-hydrogen) atoms. The maximum Gasteiger partial charge on any atom is 0.254 e. The highest BCUT2D eigenvalue weighted by Gasteiger charge is 2.33. The highest BCUT2D eigenvalue weighted by Crippen LogP contribution is 2.25. The van der Waals surface area contributed by atoms with Gasteiger partial charge in [0.1, 0.15) is 11.6 Å². The summed E-state index contributed by atoms with van der Waals surface area (Å²) in [6, 6.07) is 2.82. The fourth-order valence-corrected chi connectivity index (χ4v) is 2.46. The van der Waals surface area contributed by atoms with Crippen LogP contribution in [0.3, 0.4) is 0 Å². The molecule has 0 spiro atoms. The fourth-order valence-electron chi connectivity index (χ4n) is 2.46. The van der Waals surface area contributed by atoms with E-state index in [0.29, 0.717) is 19.0 Å². The Bertz CT molecular complexity index is 444. The second-order valence-corrected chi connectivity index (χ2v) is 4.73. The summed E-state index contributed by atoms with van der Waals surface area (Å²) in [5.74, 6) is -1.52. The van der Waals surface area contributed by atoms with Crippen LogP contribution in [0, 0.1) is 17.6 Å². The average molecular weight is 254 g/mol. The number of benzene rings is 1. The zero-order chi connectivity index (χ0) is 13.3. The van der Waals surface area contributed by atoms with E-state index in [0.717, 1.165) is 24.6 Å². The van der Waals surface area contributed by atoms with E-state index >= 15 is 0 Å². The molecule has 1 aromatic carbocycles.